The van der Waals surface area contributed by atoms with Crippen LogP contribution in [0.5, 0.6) is 0 Å². The van der Waals surface area contributed by atoms with Gasteiger partial charge in [0.25, 0.3) is 0 Å². The average Bonchev–Trinajstić information content (AvgIpc) is 3.02. The molecular weight excluding hydrogens is 220 g/mol. The van der Waals surface area contributed by atoms with Gasteiger partial charge >= 0.3 is 6.03 Å². The van der Waals surface area contributed by atoms with Crippen molar-refractivity contribution in [3.8, 4) is 0 Å². The van der Waals surface area contributed by atoms with E-state index < -0.39 is 5.91 Å². The monoisotopic (exact) mass is 234 g/mol. The molecule has 1 aliphatic rings. The molecule has 0 aromatic heterocycles. The predicted octanol–water partition coefficient (Wildman–Crippen LogP) is 0.572. The van der Waals surface area contributed by atoms with Gasteiger partial charge in [0.2, 0.25) is 5.91 Å². The van der Waals surface area contributed by atoms with Gasteiger partial charge in [0.1, 0.15) is 5.88 Å². The summed E-state index contributed by atoms with van der Waals surface area (Å²) in [7, 11) is 1.58. The van der Waals surface area contributed by atoms with Gasteiger partial charge in [0.05, 0.1) is 6.61 Å². The van der Waals surface area contributed by atoms with Gasteiger partial charge in [-0.15, -0.1) is 11.6 Å². The Bertz CT molecular complexity index is 244. The third-order valence-electron chi connectivity index (χ3n) is 2.15. The van der Waals surface area contributed by atoms with E-state index in [4.69, 9.17) is 16.3 Å². The lowest BCUT2D eigenvalue weighted by atomic mass is 10.5. The minimum Gasteiger partial charge on any atom is -0.383 e. The zero-order valence-corrected chi connectivity index (χ0v) is 9.42. The Morgan fingerprint density at radius 2 is 2.20 bits per heavy atom. The zero-order chi connectivity index (χ0) is 11.3. The van der Waals surface area contributed by atoms with Crippen LogP contribution in [0, 0.1) is 0 Å². The molecule has 0 heterocycles. The van der Waals surface area contributed by atoms with Crippen molar-refractivity contribution < 1.29 is 14.3 Å². The molecule has 0 spiro atoms. The molecule has 1 rings (SSSR count). The van der Waals surface area contributed by atoms with Crippen LogP contribution in [0.3, 0.4) is 0 Å². The maximum Gasteiger partial charge on any atom is 0.324 e. The number of nitrogens with zero attached hydrogens (tertiary/aromatic N) is 1. The van der Waals surface area contributed by atoms with Crippen molar-refractivity contribution in [2.75, 3.05) is 26.1 Å². The van der Waals surface area contributed by atoms with Crippen molar-refractivity contribution in [1.29, 1.82) is 0 Å². The number of ether oxygens (including phenoxy) is 1. The van der Waals surface area contributed by atoms with Crippen LogP contribution in [0.25, 0.3) is 0 Å². The van der Waals surface area contributed by atoms with Crippen LogP contribution < -0.4 is 5.32 Å². The molecule has 0 unspecified atom stereocenters. The summed E-state index contributed by atoms with van der Waals surface area (Å²) in [6.45, 7) is 0.974. The Labute approximate surface area is 93.7 Å². The molecule has 1 N–H and O–H groups in total. The van der Waals surface area contributed by atoms with Crippen LogP contribution >= 0.6 is 11.6 Å². The van der Waals surface area contributed by atoms with Gasteiger partial charge < -0.3 is 9.64 Å². The third-order valence-corrected chi connectivity index (χ3v) is 2.40. The van der Waals surface area contributed by atoms with Crippen LogP contribution in [0.1, 0.15) is 12.8 Å². The topological polar surface area (TPSA) is 58.6 Å². The van der Waals surface area contributed by atoms with E-state index in [1.165, 1.54) is 0 Å². The lowest BCUT2D eigenvalue weighted by Gasteiger charge is -2.21. The fourth-order valence-corrected chi connectivity index (χ4v) is 1.32. The Morgan fingerprint density at radius 3 is 2.67 bits per heavy atom. The Hall–Kier alpha value is -0.810. The van der Waals surface area contributed by atoms with Crippen molar-refractivity contribution in [3.05, 3.63) is 0 Å². The zero-order valence-electron chi connectivity index (χ0n) is 8.66. The van der Waals surface area contributed by atoms with Crippen molar-refractivity contribution in [3.63, 3.8) is 0 Å². The van der Waals surface area contributed by atoms with Crippen LogP contribution in [0.2, 0.25) is 0 Å². The predicted molar refractivity (Wildman–Crippen MR) is 55.9 cm³/mol. The maximum atomic E-state index is 11.6. The lowest BCUT2D eigenvalue weighted by Crippen LogP contribution is -2.45. The van der Waals surface area contributed by atoms with E-state index in [1.807, 2.05) is 0 Å². The molecule has 3 amide bonds. The molecule has 1 saturated carbocycles. The number of hydrogen-bond acceptors (Lipinski definition) is 3. The molecule has 0 aromatic carbocycles. The van der Waals surface area contributed by atoms with Crippen molar-refractivity contribution >= 4 is 23.5 Å². The maximum absolute atomic E-state index is 11.6. The lowest BCUT2D eigenvalue weighted by molar-refractivity contribution is -0.117. The van der Waals surface area contributed by atoms with Crippen molar-refractivity contribution in [2.45, 2.75) is 18.9 Å². The first kappa shape index (κ1) is 12.3. The summed E-state index contributed by atoms with van der Waals surface area (Å²) in [6.07, 6.45) is 1.98. The SMILES string of the molecule is COCCN(C(=O)NC(=O)CCl)C1CC1. The molecule has 1 fully saturated rings. The Balaban J connectivity index is 2.40. The molecule has 0 aliphatic heterocycles. The summed E-state index contributed by atoms with van der Waals surface area (Å²) in [5.41, 5.74) is 0. The van der Waals surface area contributed by atoms with Crippen LogP contribution in [-0.4, -0.2) is 49.0 Å². The second-order valence-electron chi connectivity index (χ2n) is 3.40. The van der Waals surface area contributed by atoms with Gasteiger partial charge in [-0.3, -0.25) is 10.1 Å². The highest BCUT2D eigenvalue weighted by atomic mass is 35.5. The molecule has 0 atom stereocenters. The van der Waals surface area contributed by atoms with E-state index in [0.29, 0.717) is 13.2 Å². The number of imide groups is 1. The van der Waals surface area contributed by atoms with Crippen LogP contribution in [0.4, 0.5) is 4.79 Å². The van der Waals surface area contributed by atoms with Gasteiger partial charge in [0, 0.05) is 19.7 Å². The quantitative estimate of drug-likeness (QED) is 0.708. The summed E-state index contributed by atoms with van der Waals surface area (Å²) in [4.78, 5) is 24.1. The van der Waals surface area contributed by atoms with Gasteiger partial charge in [-0.25, -0.2) is 4.79 Å². The molecule has 0 radical (unpaired) electrons. The second kappa shape index (κ2) is 5.92. The first-order chi connectivity index (χ1) is 7.19. The van der Waals surface area contributed by atoms with E-state index in [1.54, 1.807) is 12.0 Å². The van der Waals surface area contributed by atoms with Gasteiger partial charge in [-0.2, -0.15) is 0 Å². The number of nitrogens with one attached hydrogen (secondary N) is 1. The smallest absolute Gasteiger partial charge is 0.324 e. The number of halogens is 1. The van der Waals surface area contributed by atoms with E-state index in [-0.39, 0.29) is 18.0 Å². The van der Waals surface area contributed by atoms with Crippen LogP contribution in [-0.2, 0) is 9.53 Å². The number of rotatable bonds is 5. The molecule has 0 aromatic rings. The first-order valence-electron chi connectivity index (χ1n) is 4.84. The number of urea groups is 1. The van der Waals surface area contributed by atoms with Gasteiger partial charge in [-0.1, -0.05) is 0 Å². The summed E-state index contributed by atoms with van der Waals surface area (Å²) in [5.74, 6) is -0.668. The number of carbonyl (C=O) groups is 2. The molecule has 0 saturated heterocycles. The summed E-state index contributed by atoms with van der Waals surface area (Å²) in [6, 6.07) is -0.122. The summed E-state index contributed by atoms with van der Waals surface area (Å²) >= 11 is 5.29. The van der Waals surface area contributed by atoms with Crippen molar-refractivity contribution in [2.24, 2.45) is 0 Å². The Kier molecular flexibility index (Phi) is 4.84. The normalized spacial score (nSPS) is 14.8. The highest BCUT2D eigenvalue weighted by Crippen LogP contribution is 2.26. The average molecular weight is 235 g/mol. The summed E-state index contributed by atoms with van der Waals surface area (Å²) < 4.78 is 4.90. The minimum atomic E-state index is -0.468. The van der Waals surface area contributed by atoms with Gasteiger partial charge in [-0.05, 0) is 12.8 Å². The molecule has 6 heteroatoms. The molecular formula is C9H15ClN2O3. The van der Waals surface area contributed by atoms with Crippen molar-refractivity contribution in [1.82, 2.24) is 10.2 Å². The number of carbonyl (C=O) groups excluding carboxylic acids is 2. The standard InChI is InChI=1S/C9H15ClN2O3/c1-15-5-4-12(7-2-3-7)9(14)11-8(13)6-10/h7H,2-6H2,1H3,(H,11,13,14). The number of amides is 3. The number of hydrogen-bond donors (Lipinski definition) is 1. The Morgan fingerprint density at radius 1 is 1.53 bits per heavy atom. The highest BCUT2D eigenvalue weighted by molar-refractivity contribution is 6.28. The molecule has 15 heavy (non-hydrogen) atoms. The summed E-state index contributed by atoms with van der Waals surface area (Å²) in [5, 5.41) is 2.22. The largest absolute Gasteiger partial charge is 0.383 e. The fraction of sp³-hybridized carbons (Fsp3) is 0.778. The highest BCUT2D eigenvalue weighted by Gasteiger charge is 2.32. The fourth-order valence-electron chi connectivity index (χ4n) is 1.25. The first-order valence-corrected chi connectivity index (χ1v) is 5.38. The van der Waals surface area contributed by atoms with E-state index >= 15 is 0 Å². The number of alkyl halides is 1. The van der Waals surface area contributed by atoms with Gasteiger partial charge in [0.15, 0.2) is 0 Å². The van der Waals surface area contributed by atoms with E-state index in [9.17, 15) is 9.59 Å². The molecule has 0 bridgehead atoms. The molecule has 1 aliphatic carbocycles. The minimum absolute atomic E-state index is 0.200. The molecule has 86 valence electrons. The second-order valence-corrected chi connectivity index (χ2v) is 3.67. The van der Waals surface area contributed by atoms with E-state index in [2.05, 4.69) is 5.32 Å². The third kappa shape index (κ3) is 4.05. The van der Waals surface area contributed by atoms with Crippen LogP contribution in [0.15, 0.2) is 0 Å². The van der Waals surface area contributed by atoms with E-state index in [0.717, 1.165) is 12.8 Å². The number of methoxy groups -OCH3 is 1. The molecule has 5 nitrogen and oxygen atoms in total.